The van der Waals surface area contributed by atoms with Gasteiger partial charge in [-0.15, -0.1) is 0 Å². The second-order valence-electron chi connectivity index (χ2n) is 17.3. The Kier molecular flexibility index (Phi) is 18.4. The predicted molar refractivity (Wildman–Crippen MR) is 215 cm³/mol. The lowest BCUT2D eigenvalue weighted by Crippen LogP contribution is -2.39. The minimum absolute atomic E-state index is 0.0884. The molecular formula is C43H68N6O6. The van der Waals surface area contributed by atoms with Gasteiger partial charge in [0.1, 0.15) is 11.2 Å². The number of nitrogens with one attached hydrogen (secondary N) is 2. The molecule has 2 aromatic rings. The summed E-state index contributed by atoms with van der Waals surface area (Å²) in [5.74, 6) is 1.39. The van der Waals surface area contributed by atoms with Gasteiger partial charge in [-0.2, -0.15) is 0 Å². The van der Waals surface area contributed by atoms with Crippen LogP contribution in [0.2, 0.25) is 0 Å². The van der Waals surface area contributed by atoms with Crippen LogP contribution in [0.25, 0.3) is 0 Å². The number of carbonyl (C=O) groups excluding carboxylic acids is 4. The first-order valence-electron chi connectivity index (χ1n) is 20.2. The van der Waals surface area contributed by atoms with E-state index in [4.69, 9.17) is 9.47 Å². The lowest BCUT2D eigenvalue weighted by Gasteiger charge is -2.31. The van der Waals surface area contributed by atoms with Gasteiger partial charge in [0, 0.05) is 76.9 Å². The maximum atomic E-state index is 12.4. The molecule has 4 rings (SSSR count). The first-order valence-corrected chi connectivity index (χ1v) is 20.2. The fourth-order valence-corrected chi connectivity index (χ4v) is 7.04. The zero-order valence-corrected chi connectivity index (χ0v) is 34.8. The summed E-state index contributed by atoms with van der Waals surface area (Å²) in [5, 5.41) is 6.14. The Morgan fingerprint density at radius 2 is 0.964 bits per heavy atom. The minimum atomic E-state index is -0.475. The molecule has 0 spiro atoms. The second kappa shape index (κ2) is 22.4. The highest BCUT2D eigenvalue weighted by Gasteiger charge is 2.30. The lowest BCUT2D eigenvalue weighted by atomic mass is 9.81. The number of nitrogens with zero attached hydrogens (tertiary/aromatic N) is 4. The highest BCUT2D eigenvalue weighted by molar-refractivity contribution is 5.79. The zero-order chi connectivity index (χ0) is 40.4. The predicted octanol–water partition coefficient (Wildman–Crippen LogP) is 7.22. The number of pyridine rings is 2. The molecule has 0 aliphatic heterocycles. The standard InChI is InChI=1S/C22H35N3O3.C21H33N3O3/c1-22(2,3)28-21(27)25(4)16-18-7-9-19(10-8-18)20(26)24-13-5-6-17-11-14-23-15-12-17;1-21(2,3)27-20(26)24(4)15-17-5-7-18(8-6-17)19(25)23-14-11-16-9-12-22-13-10-16/h11-12,14-15,18-19H,5-10,13,16H2,1-4H3,(H,24,26);9-10,12-13,17-18H,5-8,11,14-15H2,1-4H3,(H,23,25). The van der Waals surface area contributed by atoms with Gasteiger partial charge < -0.3 is 29.9 Å². The molecular weight excluding hydrogens is 697 g/mol. The molecule has 0 unspecified atom stereocenters. The SMILES string of the molecule is CN(CC1CCC(C(=O)NCCCc2ccncc2)CC1)C(=O)OC(C)(C)C.CN(CC1CCC(C(=O)NCCc2ccncc2)CC1)C(=O)OC(C)(C)C. The molecule has 0 bridgehead atoms. The van der Waals surface area contributed by atoms with Gasteiger partial charge in [-0.25, -0.2) is 9.59 Å². The van der Waals surface area contributed by atoms with E-state index in [1.807, 2.05) is 65.8 Å². The van der Waals surface area contributed by atoms with Gasteiger partial charge in [0.15, 0.2) is 0 Å². The Hall–Kier alpha value is -4.22. The largest absolute Gasteiger partial charge is 0.444 e. The van der Waals surface area contributed by atoms with Crippen molar-refractivity contribution in [3.63, 3.8) is 0 Å². The summed E-state index contributed by atoms with van der Waals surface area (Å²) < 4.78 is 10.8. The number of amides is 4. The van der Waals surface area contributed by atoms with Gasteiger partial charge >= 0.3 is 12.2 Å². The van der Waals surface area contributed by atoms with Crippen LogP contribution in [0.5, 0.6) is 0 Å². The molecule has 2 aliphatic carbocycles. The van der Waals surface area contributed by atoms with Crippen LogP contribution in [0.1, 0.15) is 110 Å². The van der Waals surface area contributed by atoms with Crippen LogP contribution in [0.15, 0.2) is 49.1 Å². The smallest absolute Gasteiger partial charge is 0.410 e. The molecule has 2 heterocycles. The van der Waals surface area contributed by atoms with Crippen LogP contribution in [-0.2, 0) is 31.9 Å². The summed E-state index contributed by atoms with van der Waals surface area (Å²) in [6.45, 7) is 14.0. The molecule has 2 aliphatic rings. The van der Waals surface area contributed by atoms with E-state index in [1.165, 1.54) is 11.1 Å². The zero-order valence-electron chi connectivity index (χ0n) is 34.8. The molecule has 55 heavy (non-hydrogen) atoms. The molecule has 2 saturated carbocycles. The number of carbonyl (C=O) groups is 4. The lowest BCUT2D eigenvalue weighted by molar-refractivity contribution is -0.127. The highest BCUT2D eigenvalue weighted by Crippen LogP contribution is 2.31. The number of rotatable bonds is 13. The monoisotopic (exact) mass is 765 g/mol. The van der Waals surface area contributed by atoms with Crippen molar-refractivity contribution < 1.29 is 28.7 Å². The number of hydrogen-bond donors (Lipinski definition) is 2. The summed E-state index contributed by atoms with van der Waals surface area (Å²) in [5.41, 5.74) is 1.48. The fourth-order valence-electron chi connectivity index (χ4n) is 7.04. The molecule has 12 nitrogen and oxygen atoms in total. The van der Waals surface area contributed by atoms with Crippen molar-refractivity contribution in [3.8, 4) is 0 Å². The van der Waals surface area contributed by atoms with Crippen molar-refractivity contribution in [1.82, 2.24) is 30.4 Å². The fraction of sp³-hybridized carbons (Fsp3) is 0.674. The van der Waals surface area contributed by atoms with Crippen molar-refractivity contribution >= 4 is 24.0 Å². The van der Waals surface area contributed by atoms with Crippen LogP contribution in [-0.4, -0.2) is 95.2 Å². The van der Waals surface area contributed by atoms with E-state index in [1.54, 1.807) is 48.7 Å². The molecule has 0 saturated heterocycles. The first-order chi connectivity index (χ1) is 26.0. The molecule has 0 radical (unpaired) electrons. The van der Waals surface area contributed by atoms with Crippen LogP contribution in [0.4, 0.5) is 9.59 Å². The topological polar surface area (TPSA) is 143 Å². The summed E-state index contributed by atoms with van der Waals surface area (Å²) in [7, 11) is 3.57. The van der Waals surface area contributed by atoms with Gasteiger partial charge in [-0.1, -0.05) is 0 Å². The third-order valence-electron chi connectivity index (χ3n) is 10.1. The molecule has 2 aromatic heterocycles. The van der Waals surface area contributed by atoms with Crippen LogP contribution < -0.4 is 10.6 Å². The van der Waals surface area contributed by atoms with Crippen molar-refractivity contribution in [1.29, 1.82) is 0 Å². The molecule has 0 atom stereocenters. The number of aryl methyl sites for hydroxylation is 1. The molecule has 12 heteroatoms. The van der Waals surface area contributed by atoms with Gasteiger partial charge in [0.2, 0.25) is 11.8 Å². The average Bonchev–Trinajstić information content (AvgIpc) is 3.13. The maximum Gasteiger partial charge on any atom is 0.410 e. The van der Waals surface area contributed by atoms with Crippen molar-refractivity contribution in [2.45, 2.75) is 123 Å². The highest BCUT2D eigenvalue weighted by atomic mass is 16.6. The Bertz CT molecular complexity index is 1450. The number of ether oxygens (including phenoxy) is 2. The van der Waals surface area contributed by atoms with E-state index in [2.05, 4.69) is 20.6 Å². The van der Waals surface area contributed by atoms with Crippen molar-refractivity contribution in [3.05, 3.63) is 60.2 Å². The summed E-state index contributed by atoms with van der Waals surface area (Å²) >= 11 is 0. The quantitative estimate of drug-likeness (QED) is 0.204. The van der Waals surface area contributed by atoms with Gasteiger partial charge in [0.25, 0.3) is 0 Å². The minimum Gasteiger partial charge on any atom is -0.444 e. The Labute approximate surface area is 329 Å². The van der Waals surface area contributed by atoms with Crippen molar-refractivity contribution in [2.24, 2.45) is 23.7 Å². The molecule has 2 N–H and O–H groups in total. The molecule has 306 valence electrons. The Balaban J connectivity index is 0.000000296. The van der Waals surface area contributed by atoms with E-state index in [-0.39, 0.29) is 35.8 Å². The van der Waals surface area contributed by atoms with Gasteiger partial charge in [-0.05, 0) is 159 Å². The Morgan fingerprint density at radius 1 is 0.600 bits per heavy atom. The first kappa shape index (κ1) is 45.2. The Morgan fingerprint density at radius 3 is 1.35 bits per heavy atom. The van der Waals surface area contributed by atoms with E-state index < -0.39 is 11.2 Å². The maximum absolute atomic E-state index is 12.4. The average molecular weight is 765 g/mol. The van der Waals surface area contributed by atoms with E-state index in [0.29, 0.717) is 38.0 Å². The van der Waals surface area contributed by atoms with Gasteiger partial charge in [0.05, 0.1) is 0 Å². The molecule has 0 aromatic carbocycles. The van der Waals surface area contributed by atoms with Crippen LogP contribution in [0, 0.1) is 23.7 Å². The number of hydrogen-bond acceptors (Lipinski definition) is 8. The van der Waals surface area contributed by atoms with Gasteiger partial charge in [-0.3, -0.25) is 19.6 Å². The summed E-state index contributed by atoms with van der Waals surface area (Å²) in [4.78, 5) is 60.3. The molecule has 4 amide bonds. The third kappa shape index (κ3) is 18.3. The summed E-state index contributed by atoms with van der Waals surface area (Å²) in [6.07, 6.45) is 16.7. The number of aromatic nitrogens is 2. The third-order valence-corrected chi connectivity index (χ3v) is 10.1. The van der Waals surface area contributed by atoms with Crippen molar-refractivity contribution in [2.75, 3.05) is 40.3 Å². The summed E-state index contributed by atoms with van der Waals surface area (Å²) in [6, 6.07) is 7.96. The van der Waals surface area contributed by atoms with E-state index in [9.17, 15) is 19.2 Å². The van der Waals surface area contributed by atoms with Crippen LogP contribution >= 0.6 is 0 Å². The van der Waals surface area contributed by atoms with E-state index >= 15 is 0 Å². The normalized spacial score (nSPS) is 19.9. The van der Waals surface area contributed by atoms with E-state index in [0.717, 1.165) is 70.6 Å². The van der Waals surface area contributed by atoms with Crippen LogP contribution in [0.3, 0.4) is 0 Å². The molecule has 2 fully saturated rings. The second-order valence-corrected chi connectivity index (χ2v) is 17.3.